The van der Waals surface area contributed by atoms with Gasteiger partial charge in [0.2, 0.25) is 0 Å². The van der Waals surface area contributed by atoms with Crippen LogP contribution in [0.1, 0.15) is 22.8 Å². The van der Waals surface area contributed by atoms with Gasteiger partial charge < -0.3 is 10.4 Å². The normalized spacial score (nSPS) is 10.1. The van der Waals surface area contributed by atoms with Gasteiger partial charge in [-0.2, -0.15) is 0 Å². The van der Waals surface area contributed by atoms with Gasteiger partial charge in [-0.3, -0.25) is 4.79 Å². The number of aryl methyl sites for hydroxylation is 1. The number of rotatable bonds is 3. The van der Waals surface area contributed by atoms with Crippen molar-refractivity contribution in [2.75, 3.05) is 5.32 Å². The molecule has 0 aliphatic carbocycles. The van der Waals surface area contributed by atoms with Crippen molar-refractivity contribution in [3.05, 3.63) is 59.7 Å². The molecule has 0 radical (unpaired) electrons. The fraction of sp³-hybridized carbons (Fsp3) is 0.133. The van der Waals surface area contributed by atoms with E-state index in [1.54, 1.807) is 12.1 Å². The van der Waals surface area contributed by atoms with Crippen molar-refractivity contribution < 1.29 is 9.90 Å². The first-order chi connectivity index (χ1) is 8.69. The van der Waals surface area contributed by atoms with E-state index in [0.717, 1.165) is 12.1 Å². The minimum atomic E-state index is -0.227. The summed E-state index contributed by atoms with van der Waals surface area (Å²) in [6.45, 7) is 2.08. The highest BCUT2D eigenvalue weighted by molar-refractivity contribution is 6.04. The molecular weight excluding hydrogens is 226 g/mol. The standard InChI is InChI=1S/C15H15NO2/c1-2-11-6-8-13(9-7-11)16-15(18)12-4-3-5-14(17)10-12/h3-10,17H,2H2,1H3,(H,16,18). The average Bonchev–Trinajstić information content (AvgIpc) is 2.39. The molecule has 0 spiro atoms. The summed E-state index contributed by atoms with van der Waals surface area (Å²) in [7, 11) is 0. The van der Waals surface area contributed by atoms with Crippen LogP contribution in [0.3, 0.4) is 0 Å². The number of hydrogen-bond donors (Lipinski definition) is 2. The van der Waals surface area contributed by atoms with E-state index in [1.807, 2.05) is 24.3 Å². The van der Waals surface area contributed by atoms with E-state index in [2.05, 4.69) is 12.2 Å². The highest BCUT2D eigenvalue weighted by Gasteiger charge is 2.06. The van der Waals surface area contributed by atoms with E-state index in [-0.39, 0.29) is 11.7 Å². The second kappa shape index (κ2) is 5.36. The Morgan fingerprint density at radius 3 is 2.50 bits per heavy atom. The molecular formula is C15H15NO2. The largest absolute Gasteiger partial charge is 0.508 e. The first-order valence-electron chi connectivity index (χ1n) is 5.88. The number of anilines is 1. The summed E-state index contributed by atoms with van der Waals surface area (Å²) < 4.78 is 0. The molecule has 0 saturated carbocycles. The highest BCUT2D eigenvalue weighted by Crippen LogP contribution is 2.14. The molecule has 0 saturated heterocycles. The Bertz CT molecular complexity index is 547. The Morgan fingerprint density at radius 2 is 1.89 bits per heavy atom. The van der Waals surface area contributed by atoms with Crippen LogP contribution >= 0.6 is 0 Å². The fourth-order valence-corrected chi connectivity index (χ4v) is 1.67. The molecule has 0 atom stereocenters. The summed E-state index contributed by atoms with van der Waals surface area (Å²) >= 11 is 0. The van der Waals surface area contributed by atoms with E-state index >= 15 is 0 Å². The van der Waals surface area contributed by atoms with E-state index < -0.39 is 0 Å². The van der Waals surface area contributed by atoms with Crippen LogP contribution in [0.4, 0.5) is 5.69 Å². The van der Waals surface area contributed by atoms with E-state index in [1.165, 1.54) is 17.7 Å². The van der Waals surface area contributed by atoms with Gasteiger partial charge in [-0.25, -0.2) is 0 Å². The number of phenolic OH excluding ortho intramolecular Hbond substituents is 1. The molecule has 0 aliphatic heterocycles. The summed E-state index contributed by atoms with van der Waals surface area (Å²) in [5.74, 6) is -0.140. The van der Waals surface area contributed by atoms with Crippen molar-refractivity contribution in [2.45, 2.75) is 13.3 Å². The Morgan fingerprint density at radius 1 is 1.17 bits per heavy atom. The Labute approximate surface area is 106 Å². The minimum absolute atomic E-state index is 0.0870. The second-order valence-corrected chi connectivity index (χ2v) is 4.05. The lowest BCUT2D eigenvalue weighted by molar-refractivity contribution is 0.102. The molecule has 0 fully saturated rings. The fourth-order valence-electron chi connectivity index (χ4n) is 1.67. The zero-order chi connectivity index (χ0) is 13.0. The van der Waals surface area contributed by atoms with Gasteiger partial charge in [0.15, 0.2) is 0 Å². The topological polar surface area (TPSA) is 49.3 Å². The maximum atomic E-state index is 11.9. The van der Waals surface area contributed by atoms with Crippen molar-refractivity contribution in [1.29, 1.82) is 0 Å². The van der Waals surface area contributed by atoms with Crippen LogP contribution in [-0.4, -0.2) is 11.0 Å². The van der Waals surface area contributed by atoms with E-state index in [9.17, 15) is 9.90 Å². The first kappa shape index (κ1) is 12.2. The predicted octanol–water partition coefficient (Wildman–Crippen LogP) is 3.21. The lowest BCUT2D eigenvalue weighted by Gasteiger charge is -2.06. The van der Waals surface area contributed by atoms with Gasteiger partial charge in [0, 0.05) is 11.3 Å². The molecule has 92 valence electrons. The second-order valence-electron chi connectivity index (χ2n) is 4.05. The zero-order valence-corrected chi connectivity index (χ0v) is 10.2. The molecule has 2 rings (SSSR count). The molecule has 0 aliphatic rings. The van der Waals surface area contributed by atoms with Gasteiger partial charge in [0.05, 0.1) is 0 Å². The highest BCUT2D eigenvalue weighted by atomic mass is 16.3. The van der Waals surface area contributed by atoms with Crippen LogP contribution in [0.15, 0.2) is 48.5 Å². The number of aromatic hydroxyl groups is 1. The van der Waals surface area contributed by atoms with Gasteiger partial charge in [-0.1, -0.05) is 25.1 Å². The lowest BCUT2D eigenvalue weighted by Crippen LogP contribution is -2.11. The summed E-state index contributed by atoms with van der Waals surface area (Å²) in [5, 5.41) is 12.1. The third kappa shape index (κ3) is 2.88. The maximum absolute atomic E-state index is 11.9. The molecule has 3 heteroatoms. The number of phenols is 1. The minimum Gasteiger partial charge on any atom is -0.508 e. The quantitative estimate of drug-likeness (QED) is 0.866. The molecule has 0 bridgehead atoms. The third-order valence-electron chi connectivity index (χ3n) is 2.73. The lowest BCUT2D eigenvalue weighted by atomic mass is 10.1. The van der Waals surface area contributed by atoms with Crippen LogP contribution in [0, 0.1) is 0 Å². The van der Waals surface area contributed by atoms with Gasteiger partial charge in [0.1, 0.15) is 5.75 Å². The number of carbonyl (C=O) groups is 1. The van der Waals surface area contributed by atoms with Crippen molar-refractivity contribution >= 4 is 11.6 Å². The Hall–Kier alpha value is -2.29. The average molecular weight is 241 g/mol. The predicted molar refractivity (Wildman–Crippen MR) is 71.9 cm³/mol. The SMILES string of the molecule is CCc1ccc(NC(=O)c2cccc(O)c2)cc1. The van der Waals surface area contributed by atoms with Gasteiger partial charge >= 0.3 is 0 Å². The van der Waals surface area contributed by atoms with Gasteiger partial charge in [0.25, 0.3) is 5.91 Å². The molecule has 1 amide bonds. The summed E-state index contributed by atoms with van der Waals surface area (Å²) in [6.07, 6.45) is 0.973. The number of nitrogens with one attached hydrogen (secondary N) is 1. The van der Waals surface area contributed by atoms with Crippen LogP contribution in [0.2, 0.25) is 0 Å². The van der Waals surface area contributed by atoms with Crippen LogP contribution in [0.5, 0.6) is 5.75 Å². The molecule has 0 heterocycles. The number of amides is 1. The monoisotopic (exact) mass is 241 g/mol. The van der Waals surface area contributed by atoms with Crippen molar-refractivity contribution in [2.24, 2.45) is 0 Å². The molecule has 0 aromatic heterocycles. The van der Waals surface area contributed by atoms with Gasteiger partial charge in [-0.15, -0.1) is 0 Å². The van der Waals surface area contributed by atoms with Crippen molar-refractivity contribution in [1.82, 2.24) is 0 Å². The van der Waals surface area contributed by atoms with E-state index in [0.29, 0.717) is 5.56 Å². The summed E-state index contributed by atoms with van der Waals surface area (Å²) in [6, 6.07) is 14.0. The van der Waals surface area contributed by atoms with Crippen molar-refractivity contribution in [3.63, 3.8) is 0 Å². The first-order valence-corrected chi connectivity index (χ1v) is 5.88. The van der Waals surface area contributed by atoms with Crippen LogP contribution in [0.25, 0.3) is 0 Å². The van der Waals surface area contributed by atoms with Crippen LogP contribution in [-0.2, 0) is 6.42 Å². The van der Waals surface area contributed by atoms with E-state index in [4.69, 9.17) is 0 Å². The Balaban J connectivity index is 2.11. The maximum Gasteiger partial charge on any atom is 0.255 e. The van der Waals surface area contributed by atoms with Crippen LogP contribution < -0.4 is 5.32 Å². The molecule has 2 N–H and O–H groups in total. The molecule has 3 nitrogen and oxygen atoms in total. The molecule has 2 aromatic carbocycles. The van der Waals surface area contributed by atoms with Gasteiger partial charge in [-0.05, 0) is 42.3 Å². The number of hydrogen-bond acceptors (Lipinski definition) is 2. The summed E-state index contributed by atoms with van der Waals surface area (Å²) in [4.78, 5) is 11.9. The third-order valence-corrected chi connectivity index (χ3v) is 2.73. The zero-order valence-electron chi connectivity index (χ0n) is 10.2. The number of carbonyl (C=O) groups excluding carboxylic acids is 1. The molecule has 0 unspecified atom stereocenters. The number of benzene rings is 2. The summed E-state index contributed by atoms with van der Waals surface area (Å²) in [5.41, 5.74) is 2.42. The Kier molecular flexibility index (Phi) is 3.63. The molecule has 2 aromatic rings. The van der Waals surface area contributed by atoms with Crippen molar-refractivity contribution in [3.8, 4) is 5.75 Å². The molecule has 18 heavy (non-hydrogen) atoms. The smallest absolute Gasteiger partial charge is 0.255 e.